The second kappa shape index (κ2) is 4.82. The lowest BCUT2D eigenvalue weighted by Gasteiger charge is -2.07. The molecule has 0 spiro atoms. The van der Waals surface area contributed by atoms with Crippen LogP contribution in [0, 0.1) is 28.8 Å². The third kappa shape index (κ3) is 1.96. The number of nitrogens with one attached hydrogen (secondary N) is 1. The van der Waals surface area contributed by atoms with E-state index in [1.807, 2.05) is 19.9 Å². The van der Waals surface area contributed by atoms with E-state index in [0.29, 0.717) is 17.0 Å². The molecule has 7 heteroatoms. The Balaban J connectivity index is 2.38. The number of fused-ring (bicyclic) bond motifs is 1. The minimum absolute atomic E-state index is 0.273. The number of hydrogen-bond donors (Lipinski definition) is 1. The quantitative estimate of drug-likeness (QED) is 0.739. The van der Waals surface area contributed by atoms with Crippen LogP contribution in [0.4, 0.5) is 4.39 Å². The van der Waals surface area contributed by atoms with Gasteiger partial charge in [0.1, 0.15) is 11.3 Å². The summed E-state index contributed by atoms with van der Waals surface area (Å²) in [7, 11) is 0. The largest absolute Gasteiger partial charge is 0.327 e. The Bertz CT molecular complexity index is 941. The second-order valence-electron chi connectivity index (χ2n) is 4.64. The average molecular weight is 301 g/mol. The summed E-state index contributed by atoms with van der Waals surface area (Å²) in [4.78, 5) is 3.07. The van der Waals surface area contributed by atoms with Gasteiger partial charge in [0.25, 0.3) is 0 Å². The van der Waals surface area contributed by atoms with Crippen LogP contribution in [0.1, 0.15) is 18.2 Å². The molecule has 3 aromatic rings. The normalized spacial score (nSPS) is 11.0. The molecule has 0 aliphatic heterocycles. The number of halogens is 1. The summed E-state index contributed by atoms with van der Waals surface area (Å²) in [6, 6.07) is 6.24. The molecule has 1 N–H and O–H groups in total. The smallest absolute Gasteiger partial charge is 0.184 e. The van der Waals surface area contributed by atoms with Crippen molar-refractivity contribution in [3.05, 3.63) is 40.0 Å². The van der Waals surface area contributed by atoms with E-state index >= 15 is 0 Å². The Kier molecular flexibility index (Phi) is 3.11. The molecule has 106 valence electrons. The zero-order valence-electron chi connectivity index (χ0n) is 11.5. The van der Waals surface area contributed by atoms with Crippen molar-refractivity contribution in [2.75, 3.05) is 0 Å². The van der Waals surface area contributed by atoms with Crippen molar-refractivity contribution in [2.45, 2.75) is 20.4 Å². The molecule has 1 aromatic carbocycles. The summed E-state index contributed by atoms with van der Waals surface area (Å²) in [5.74, 6) is -0.493. The van der Waals surface area contributed by atoms with Crippen LogP contribution in [0.3, 0.4) is 0 Å². The second-order valence-corrected chi connectivity index (χ2v) is 5.03. The molecule has 0 saturated heterocycles. The van der Waals surface area contributed by atoms with Gasteiger partial charge in [0.2, 0.25) is 0 Å². The third-order valence-electron chi connectivity index (χ3n) is 3.36. The Morgan fingerprint density at radius 3 is 2.86 bits per heavy atom. The van der Waals surface area contributed by atoms with Crippen molar-refractivity contribution < 1.29 is 4.39 Å². The molecular weight excluding hydrogens is 289 g/mol. The first kappa shape index (κ1) is 13.5. The maximum absolute atomic E-state index is 14.3. The van der Waals surface area contributed by atoms with Crippen LogP contribution in [-0.4, -0.2) is 19.3 Å². The van der Waals surface area contributed by atoms with E-state index in [2.05, 4.69) is 10.1 Å². The number of H-pyrrole nitrogens is 1. The van der Waals surface area contributed by atoms with E-state index in [4.69, 9.17) is 17.5 Å². The number of benzene rings is 1. The molecule has 0 unspecified atom stereocenters. The molecule has 2 heterocycles. The van der Waals surface area contributed by atoms with Crippen LogP contribution in [0.25, 0.3) is 16.9 Å². The van der Waals surface area contributed by atoms with E-state index in [-0.39, 0.29) is 5.56 Å². The van der Waals surface area contributed by atoms with Gasteiger partial charge in [-0.15, -0.1) is 0 Å². The SMILES string of the molecule is CCn1nc(C)c2[nH]c(=S)n(-c3ccc(C#N)cc3F)c21. The summed E-state index contributed by atoms with van der Waals surface area (Å²) in [5, 5.41) is 13.2. The van der Waals surface area contributed by atoms with E-state index in [1.54, 1.807) is 21.4 Å². The number of rotatable bonds is 2. The number of aryl methyl sites for hydroxylation is 2. The molecule has 0 amide bonds. The predicted molar refractivity (Wildman–Crippen MR) is 79.3 cm³/mol. The van der Waals surface area contributed by atoms with Crippen LogP contribution in [-0.2, 0) is 6.54 Å². The fourth-order valence-electron chi connectivity index (χ4n) is 2.40. The first-order chi connectivity index (χ1) is 10.1. The molecule has 0 fully saturated rings. The van der Waals surface area contributed by atoms with Crippen molar-refractivity contribution in [3.63, 3.8) is 0 Å². The summed E-state index contributed by atoms with van der Waals surface area (Å²) >= 11 is 5.31. The molecule has 0 radical (unpaired) electrons. The van der Waals surface area contributed by atoms with Crippen LogP contribution >= 0.6 is 12.2 Å². The fraction of sp³-hybridized carbons (Fsp3) is 0.214. The van der Waals surface area contributed by atoms with Gasteiger partial charge in [-0.05, 0) is 44.3 Å². The lowest BCUT2D eigenvalue weighted by Crippen LogP contribution is -2.05. The lowest BCUT2D eigenvalue weighted by atomic mass is 10.2. The number of aromatic nitrogens is 4. The van der Waals surface area contributed by atoms with Gasteiger partial charge in [-0.2, -0.15) is 10.4 Å². The first-order valence-corrected chi connectivity index (χ1v) is 6.85. The van der Waals surface area contributed by atoms with E-state index in [1.165, 1.54) is 6.07 Å². The maximum Gasteiger partial charge on any atom is 0.184 e. The van der Waals surface area contributed by atoms with Gasteiger partial charge in [0.15, 0.2) is 10.4 Å². The molecule has 0 aliphatic carbocycles. The van der Waals surface area contributed by atoms with Crippen molar-refractivity contribution in [1.29, 1.82) is 5.26 Å². The van der Waals surface area contributed by atoms with E-state index in [9.17, 15) is 4.39 Å². The van der Waals surface area contributed by atoms with Gasteiger partial charge in [0.05, 0.1) is 23.0 Å². The number of imidazole rings is 1. The maximum atomic E-state index is 14.3. The molecular formula is C14H12FN5S. The Morgan fingerprint density at radius 1 is 1.48 bits per heavy atom. The minimum Gasteiger partial charge on any atom is -0.327 e. The van der Waals surface area contributed by atoms with Crippen LogP contribution in [0.5, 0.6) is 0 Å². The van der Waals surface area contributed by atoms with Crippen molar-refractivity contribution >= 4 is 23.4 Å². The van der Waals surface area contributed by atoms with Gasteiger partial charge in [-0.25, -0.2) is 9.07 Å². The molecule has 3 rings (SSSR count). The topological polar surface area (TPSA) is 62.3 Å². The standard InChI is InChI=1S/C14H12FN5S/c1-3-19-13-12(8(2)18-19)17-14(21)20(13)11-5-4-9(7-16)6-10(11)15/h4-6H,3H2,1-2H3,(H,17,21). The van der Waals surface area contributed by atoms with Crippen LogP contribution in [0.15, 0.2) is 18.2 Å². The number of hydrogen-bond acceptors (Lipinski definition) is 3. The monoisotopic (exact) mass is 301 g/mol. The molecule has 0 atom stereocenters. The lowest BCUT2D eigenvalue weighted by molar-refractivity contribution is 0.612. The van der Waals surface area contributed by atoms with E-state index < -0.39 is 5.82 Å². The average Bonchev–Trinajstić information content (AvgIpc) is 2.96. The van der Waals surface area contributed by atoms with Gasteiger partial charge >= 0.3 is 0 Å². The summed E-state index contributed by atoms with van der Waals surface area (Å²) in [5.41, 5.74) is 2.91. The number of nitrogens with zero attached hydrogens (tertiary/aromatic N) is 4. The van der Waals surface area contributed by atoms with E-state index in [0.717, 1.165) is 16.9 Å². The Morgan fingerprint density at radius 2 is 2.24 bits per heavy atom. The summed E-state index contributed by atoms with van der Waals surface area (Å²) < 4.78 is 18.1. The number of nitriles is 1. The minimum atomic E-state index is -0.493. The molecule has 2 aromatic heterocycles. The zero-order valence-corrected chi connectivity index (χ0v) is 12.3. The van der Waals surface area contributed by atoms with Crippen molar-refractivity contribution in [3.8, 4) is 11.8 Å². The highest BCUT2D eigenvalue weighted by Gasteiger charge is 2.17. The molecule has 0 saturated carbocycles. The van der Waals surface area contributed by atoms with Gasteiger partial charge in [0, 0.05) is 6.54 Å². The third-order valence-corrected chi connectivity index (χ3v) is 3.65. The number of aromatic amines is 1. The Labute approximate surface area is 125 Å². The summed E-state index contributed by atoms with van der Waals surface area (Å²) in [6.07, 6.45) is 0. The van der Waals surface area contributed by atoms with Crippen molar-refractivity contribution in [2.24, 2.45) is 0 Å². The highest BCUT2D eigenvalue weighted by Crippen LogP contribution is 2.24. The predicted octanol–water partition coefficient (Wildman–Crippen LogP) is 3.22. The zero-order chi connectivity index (χ0) is 15.1. The molecule has 21 heavy (non-hydrogen) atoms. The fourth-order valence-corrected chi connectivity index (χ4v) is 2.69. The molecule has 0 bridgehead atoms. The highest BCUT2D eigenvalue weighted by atomic mass is 32.1. The van der Waals surface area contributed by atoms with Gasteiger partial charge < -0.3 is 4.98 Å². The van der Waals surface area contributed by atoms with Gasteiger partial charge in [-0.3, -0.25) is 4.57 Å². The van der Waals surface area contributed by atoms with Crippen LogP contribution < -0.4 is 0 Å². The van der Waals surface area contributed by atoms with Crippen molar-refractivity contribution in [1.82, 2.24) is 19.3 Å². The Hall–Kier alpha value is -2.46. The van der Waals surface area contributed by atoms with Gasteiger partial charge in [-0.1, -0.05) is 0 Å². The highest BCUT2D eigenvalue weighted by molar-refractivity contribution is 7.71. The summed E-state index contributed by atoms with van der Waals surface area (Å²) in [6.45, 7) is 4.48. The van der Waals surface area contributed by atoms with Crippen LogP contribution in [0.2, 0.25) is 0 Å². The first-order valence-electron chi connectivity index (χ1n) is 6.45. The molecule has 5 nitrogen and oxygen atoms in total. The molecule has 0 aliphatic rings.